The molecule has 0 saturated carbocycles. The Morgan fingerprint density at radius 1 is 0.778 bits per heavy atom. The van der Waals surface area contributed by atoms with Crippen molar-refractivity contribution in [2.24, 2.45) is 0 Å². The van der Waals surface area contributed by atoms with E-state index in [9.17, 15) is 0 Å². The van der Waals surface area contributed by atoms with Gasteiger partial charge in [-0.3, -0.25) is 0 Å². The highest BCUT2D eigenvalue weighted by molar-refractivity contribution is 6.11. The maximum Gasteiger partial charge on any atom is 0.0712 e. The second-order valence-corrected chi connectivity index (χ2v) is 5.11. The summed E-state index contributed by atoms with van der Waals surface area (Å²) in [7, 11) is 5.76. The van der Waals surface area contributed by atoms with Gasteiger partial charge in [-0.05, 0) is 87.4 Å². The van der Waals surface area contributed by atoms with Gasteiger partial charge in [-0.1, -0.05) is 19.3 Å². The van der Waals surface area contributed by atoms with Crippen molar-refractivity contribution in [1.29, 1.82) is 0 Å². The van der Waals surface area contributed by atoms with E-state index in [-0.39, 0.29) is 7.43 Å². The van der Waals surface area contributed by atoms with Gasteiger partial charge in [0.15, 0.2) is 0 Å². The molecular weight excluding hydrogens is 215 g/mol. The van der Waals surface area contributed by atoms with E-state index in [4.69, 9.17) is 7.85 Å². The molecule has 0 bridgehead atoms. The number of benzene rings is 1. The first-order valence-electron chi connectivity index (χ1n) is 6.26. The Morgan fingerprint density at radius 2 is 1.11 bits per heavy atom. The van der Waals surface area contributed by atoms with Crippen LogP contribution in [0.1, 0.15) is 54.7 Å². The third-order valence-electron chi connectivity index (χ3n) is 4.32. The lowest BCUT2D eigenvalue weighted by atomic mass is 9.83. The third-order valence-corrected chi connectivity index (χ3v) is 4.32. The van der Waals surface area contributed by atoms with Gasteiger partial charge in [0.1, 0.15) is 0 Å². The Kier molecular flexibility index (Phi) is 5.93. The molecule has 0 aliphatic carbocycles. The first-order valence-corrected chi connectivity index (χ1v) is 6.26. The SMILES string of the molecule is C.[B]C/C(C)=C(/C)c1c(C)c(C)c(C)c(C)c1C. The van der Waals surface area contributed by atoms with Gasteiger partial charge in [-0.2, -0.15) is 0 Å². The van der Waals surface area contributed by atoms with Crippen molar-refractivity contribution in [2.75, 3.05) is 0 Å². The Bertz CT molecular complexity index is 450. The first-order chi connectivity index (χ1) is 7.82. The van der Waals surface area contributed by atoms with Crippen LogP contribution < -0.4 is 0 Å². The van der Waals surface area contributed by atoms with Crippen LogP contribution >= 0.6 is 0 Å². The van der Waals surface area contributed by atoms with Crippen molar-refractivity contribution in [3.05, 3.63) is 39.0 Å². The Balaban J connectivity index is 0.00000289. The van der Waals surface area contributed by atoms with Crippen LogP contribution in [-0.2, 0) is 0 Å². The van der Waals surface area contributed by atoms with Gasteiger partial charge in [0, 0.05) is 0 Å². The monoisotopic (exact) mass is 242 g/mol. The molecule has 0 nitrogen and oxygen atoms in total. The predicted octanol–water partition coefficient (Wildman–Crippen LogP) is 5.25. The van der Waals surface area contributed by atoms with E-state index in [0.717, 1.165) is 0 Å². The molecule has 2 radical (unpaired) electrons. The van der Waals surface area contributed by atoms with Crippen LogP contribution in [0.5, 0.6) is 0 Å². The molecule has 1 rings (SSSR count). The topological polar surface area (TPSA) is 0 Å². The van der Waals surface area contributed by atoms with E-state index in [2.05, 4.69) is 48.5 Å². The van der Waals surface area contributed by atoms with Crippen LogP contribution in [0.3, 0.4) is 0 Å². The average molecular weight is 242 g/mol. The molecule has 1 aromatic rings. The third kappa shape index (κ3) is 2.71. The summed E-state index contributed by atoms with van der Waals surface area (Å²) < 4.78 is 0. The van der Waals surface area contributed by atoms with Gasteiger partial charge < -0.3 is 0 Å². The van der Waals surface area contributed by atoms with E-state index >= 15 is 0 Å². The van der Waals surface area contributed by atoms with Crippen molar-refractivity contribution >= 4 is 13.4 Å². The number of rotatable bonds is 2. The van der Waals surface area contributed by atoms with E-state index in [1.165, 1.54) is 44.5 Å². The van der Waals surface area contributed by atoms with Crippen LogP contribution in [0.25, 0.3) is 5.57 Å². The summed E-state index contributed by atoms with van der Waals surface area (Å²) in [5, 5.41) is 0. The van der Waals surface area contributed by atoms with Crippen LogP contribution in [0.15, 0.2) is 5.57 Å². The molecule has 18 heavy (non-hydrogen) atoms. The zero-order chi connectivity index (χ0) is 13.3. The van der Waals surface area contributed by atoms with Gasteiger partial charge in [0.2, 0.25) is 0 Å². The van der Waals surface area contributed by atoms with E-state index in [1.807, 2.05) is 0 Å². The van der Waals surface area contributed by atoms with E-state index < -0.39 is 0 Å². The number of allylic oxidation sites excluding steroid dienone is 2. The summed E-state index contributed by atoms with van der Waals surface area (Å²) >= 11 is 0. The summed E-state index contributed by atoms with van der Waals surface area (Å²) in [5.41, 5.74) is 11.1. The highest BCUT2D eigenvalue weighted by Gasteiger charge is 2.14. The van der Waals surface area contributed by atoms with Gasteiger partial charge in [0.05, 0.1) is 7.85 Å². The van der Waals surface area contributed by atoms with Crippen LogP contribution in [0.2, 0.25) is 6.32 Å². The molecule has 0 unspecified atom stereocenters. The molecule has 0 heterocycles. The molecular formula is C17H27B. The minimum atomic E-state index is 0. The molecule has 0 spiro atoms. The van der Waals surface area contributed by atoms with Gasteiger partial charge in [-0.25, -0.2) is 0 Å². The van der Waals surface area contributed by atoms with Crippen molar-refractivity contribution in [1.82, 2.24) is 0 Å². The maximum atomic E-state index is 5.76. The Hall–Kier alpha value is -0.975. The summed E-state index contributed by atoms with van der Waals surface area (Å²) in [4.78, 5) is 0. The van der Waals surface area contributed by atoms with Crippen LogP contribution in [0, 0.1) is 34.6 Å². The van der Waals surface area contributed by atoms with Crippen LogP contribution in [0.4, 0.5) is 0 Å². The zero-order valence-electron chi connectivity index (χ0n) is 12.3. The average Bonchev–Trinajstić information content (AvgIpc) is 2.32. The van der Waals surface area contributed by atoms with Crippen molar-refractivity contribution in [3.8, 4) is 0 Å². The highest BCUT2D eigenvalue weighted by Crippen LogP contribution is 2.32. The summed E-state index contributed by atoms with van der Waals surface area (Å²) in [6.07, 6.45) is 0.636. The lowest BCUT2D eigenvalue weighted by Crippen LogP contribution is -2.02. The summed E-state index contributed by atoms with van der Waals surface area (Å²) in [6, 6.07) is 0. The summed E-state index contributed by atoms with van der Waals surface area (Å²) in [6.45, 7) is 15.4. The molecule has 0 atom stereocenters. The Labute approximate surface area is 115 Å². The van der Waals surface area contributed by atoms with Gasteiger partial charge >= 0.3 is 0 Å². The van der Waals surface area contributed by atoms with E-state index in [1.54, 1.807) is 0 Å². The van der Waals surface area contributed by atoms with Gasteiger partial charge in [0.25, 0.3) is 0 Å². The zero-order valence-corrected chi connectivity index (χ0v) is 12.3. The standard InChI is InChI=1S/C16H23B.CH4/c1-9(8-17)10(2)16-14(6)12(4)11(3)13(5)15(16)7;/h8H2,1-7H3;1H4/b10-9-;. The lowest BCUT2D eigenvalue weighted by Gasteiger charge is -2.20. The Morgan fingerprint density at radius 3 is 1.44 bits per heavy atom. The van der Waals surface area contributed by atoms with Crippen molar-refractivity contribution in [3.63, 3.8) is 0 Å². The summed E-state index contributed by atoms with van der Waals surface area (Å²) in [5.74, 6) is 0. The maximum absolute atomic E-state index is 5.76. The molecule has 0 aliphatic heterocycles. The fourth-order valence-electron chi connectivity index (χ4n) is 2.43. The molecule has 0 fully saturated rings. The van der Waals surface area contributed by atoms with Crippen molar-refractivity contribution in [2.45, 2.75) is 62.2 Å². The van der Waals surface area contributed by atoms with Gasteiger partial charge in [-0.15, -0.1) is 0 Å². The smallest absolute Gasteiger partial charge is 0.0712 e. The molecule has 0 aliphatic rings. The second kappa shape index (κ2) is 6.27. The molecule has 98 valence electrons. The number of hydrogen-bond acceptors (Lipinski definition) is 0. The quantitative estimate of drug-likeness (QED) is 0.621. The molecule has 1 heteroatoms. The first kappa shape index (κ1) is 17.0. The highest BCUT2D eigenvalue weighted by atomic mass is 14.2. The molecule has 0 saturated heterocycles. The normalized spacial score (nSPS) is 11.9. The fraction of sp³-hybridized carbons (Fsp3) is 0.529. The molecule has 1 aromatic carbocycles. The minimum absolute atomic E-state index is 0. The largest absolute Gasteiger partial charge is 0.0783 e. The minimum Gasteiger partial charge on any atom is -0.0783 e. The second-order valence-electron chi connectivity index (χ2n) is 5.11. The molecule has 0 N–H and O–H groups in total. The fourth-order valence-corrected chi connectivity index (χ4v) is 2.43. The van der Waals surface area contributed by atoms with Crippen LogP contribution in [-0.4, -0.2) is 7.85 Å². The van der Waals surface area contributed by atoms with Crippen molar-refractivity contribution < 1.29 is 0 Å². The predicted molar refractivity (Wildman–Crippen MR) is 85.7 cm³/mol. The number of hydrogen-bond donors (Lipinski definition) is 0. The lowest BCUT2D eigenvalue weighted by molar-refractivity contribution is 1.15. The van der Waals surface area contributed by atoms with E-state index in [0.29, 0.717) is 6.32 Å². The molecule has 0 amide bonds. The molecule has 0 aromatic heterocycles.